The maximum absolute atomic E-state index is 12.2. The molecule has 0 unspecified atom stereocenters. The van der Waals surface area contributed by atoms with E-state index in [4.69, 9.17) is 5.11 Å². The summed E-state index contributed by atoms with van der Waals surface area (Å²) in [7, 11) is -3.15. The molecule has 120 valence electrons. The van der Waals surface area contributed by atoms with Crippen LogP contribution in [-0.2, 0) is 19.4 Å². The van der Waals surface area contributed by atoms with Crippen LogP contribution in [0, 0.1) is 5.92 Å². The van der Waals surface area contributed by atoms with E-state index in [2.05, 4.69) is 21.2 Å². The van der Waals surface area contributed by atoms with Gasteiger partial charge in [0.05, 0.1) is 29.9 Å². The van der Waals surface area contributed by atoms with E-state index in [9.17, 15) is 18.0 Å². The van der Waals surface area contributed by atoms with Crippen LogP contribution >= 0.6 is 15.9 Å². The van der Waals surface area contributed by atoms with Gasteiger partial charge in [-0.2, -0.15) is 0 Å². The Morgan fingerprint density at radius 1 is 1.32 bits per heavy atom. The minimum absolute atomic E-state index is 0.00691. The molecular weight excluding hydrogens is 374 g/mol. The molecular formula is C14H16BrNO5S. The molecule has 0 aliphatic carbocycles. The molecule has 1 saturated heterocycles. The van der Waals surface area contributed by atoms with E-state index >= 15 is 0 Å². The van der Waals surface area contributed by atoms with Crippen LogP contribution in [0.5, 0.6) is 0 Å². The minimum Gasteiger partial charge on any atom is -0.481 e. The molecule has 1 heterocycles. The first-order valence-corrected chi connectivity index (χ1v) is 9.36. The molecule has 1 fully saturated rings. The number of amides is 1. The molecule has 0 radical (unpaired) electrons. The van der Waals surface area contributed by atoms with Crippen LogP contribution in [0.3, 0.4) is 0 Å². The first kappa shape index (κ1) is 17.0. The lowest BCUT2D eigenvalue weighted by Gasteiger charge is -2.19. The van der Waals surface area contributed by atoms with Crippen molar-refractivity contribution in [2.45, 2.75) is 18.9 Å². The van der Waals surface area contributed by atoms with Crippen molar-refractivity contribution >= 4 is 37.6 Å². The lowest BCUT2D eigenvalue weighted by Crippen LogP contribution is -2.35. The average molecular weight is 390 g/mol. The molecule has 1 aliphatic heterocycles. The van der Waals surface area contributed by atoms with Gasteiger partial charge < -0.3 is 10.4 Å². The summed E-state index contributed by atoms with van der Waals surface area (Å²) in [5, 5.41) is 11.7. The highest BCUT2D eigenvalue weighted by atomic mass is 79.9. The highest BCUT2D eigenvalue weighted by molar-refractivity contribution is 9.10. The number of benzene rings is 1. The number of halogens is 1. The van der Waals surface area contributed by atoms with Crippen molar-refractivity contribution in [1.82, 2.24) is 5.32 Å². The smallest absolute Gasteiger partial charge is 0.305 e. The molecule has 1 amide bonds. The lowest BCUT2D eigenvalue weighted by molar-refractivity contribution is -0.137. The Morgan fingerprint density at radius 3 is 2.45 bits per heavy atom. The van der Waals surface area contributed by atoms with Gasteiger partial charge in [0.2, 0.25) is 5.91 Å². The number of carbonyl (C=O) groups excluding carboxylic acids is 1. The number of rotatable bonds is 5. The molecule has 1 aromatic carbocycles. The van der Waals surface area contributed by atoms with E-state index in [0.29, 0.717) is 5.56 Å². The summed E-state index contributed by atoms with van der Waals surface area (Å²) in [6.07, 6.45) is 0.0289. The number of carboxylic acids is 1. The van der Waals surface area contributed by atoms with Crippen molar-refractivity contribution in [3.63, 3.8) is 0 Å². The normalized spacial score (nSPS) is 21.2. The molecule has 0 saturated carbocycles. The summed E-state index contributed by atoms with van der Waals surface area (Å²) in [4.78, 5) is 23.2. The standard InChI is InChI=1S/C14H16BrNO5S/c15-11-3-1-9(2-4-11)12(7-13(17)18)16-14(19)10-5-6-22(20,21)8-10/h1-4,10,12H,5-8H2,(H,16,19)(H,17,18)/t10-,12+/m0/s1. The maximum atomic E-state index is 12.2. The number of nitrogens with one attached hydrogen (secondary N) is 1. The Kier molecular flexibility index (Phi) is 5.23. The van der Waals surface area contributed by atoms with Gasteiger partial charge >= 0.3 is 5.97 Å². The minimum atomic E-state index is -3.15. The second-order valence-electron chi connectivity index (χ2n) is 5.31. The molecule has 6 nitrogen and oxygen atoms in total. The van der Waals surface area contributed by atoms with Crippen molar-refractivity contribution in [2.24, 2.45) is 5.92 Å². The Hall–Kier alpha value is -1.41. The van der Waals surface area contributed by atoms with Crippen LogP contribution in [0.2, 0.25) is 0 Å². The van der Waals surface area contributed by atoms with Gasteiger partial charge in [-0.05, 0) is 24.1 Å². The number of sulfone groups is 1. The summed E-state index contributed by atoms with van der Waals surface area (Å²) in [5.74, 6) is -2.20. The van der Waals surface area contributed by atoms with Gasteiger partial charge in [0.25, 0.3) is 0 Å². The van der Waals surface area contributed by atoms with Crippen molar-refractivity contribution < 1.29 is 23.1 Å². The second-order valence-corrected chi connectivity index (χ2v) is 8.45. The van der Waals surface area contributed by atoms with Gasteiger partial charge in [0.15, 0.2) is 9.84 Å². The van der Waals surface area contributed by atoms with Crippen molar-refractivity contribution in [1.29, 1.82) is 0 Å². The summed E-state index contributed by atoms with van der Waals surface area (Å²) in [5.41, 5.74) is 0.666. The number of carboxylic acid groups (broad SMARTS) is 1. The molecule has 1 aromatic rings. The predicted molar refractivity (Wildman–Crippen MR) is 84.0 cm³/mol. The fourth-order valence-electron chi connectivity index (χ4n) is 2.41. The van der Waals surface area contributed by atoms with Gasteiger partial charge in [-0.25, -0.2) is 8.42 Å². The van der Waals surface area contributed by atoms with E-state index in [-0.39, 0.29) is 24.3 Å². The third kappa shape index (κ3) is 4.54. The molecule has 8 heteroatoms. The fourth-order valence-corrected chi connectivity index (χ4v) is 4.42. The maximum Gasteiger partial charge on any atom is 0.305 e. The van der Waals surface area contributed by atoms with E-state index in [1.807, 2.05) is 0 Å². The van der Waals surface area contributed by atoms with Crippen LogP contribution in [-0.4, -0.2) is 36.9 Å². The van der Waals surface area contributed by atoms with Crippen LogP contribution in [0.1, 0.15) is 24.4 Å². The number of hydrogen-bond donors (Lipinski definition) is 2. The molecule has 1 aliphatic rings. The third-order valence-electron chi connectivity index (χ3n) is 3.57. The molecule has 2 rings (SSSR count). The fraction of sp³-hybridized carbons (Fsp3) is 0.429. The monoisotopic (exact) mass is 389 g/mol. The summed E-state index contributed by atoms with van der Waals surface area (Å²) < 4.78 is 23.7. The molecule has 0 bridgehead atoms. The zero-order valence-corrected chi connectivity index (χ0v) is 14.1. The lowest BCUT2D eigenvalue weighted by atomic mass is 10.0. The van der Waals surface area contributed by atoms with E-state index in [1.165, 1.54) is 0 Å². The SMILES string of the molecule is O=C(O)C[C@@H](NC(=O)[C@H]1CCS(=O)(=O)C1)c1ccc(Br)cc1. The summed E-state index contributed by atoms with van der Waals surface area (Å²) >= 11 is 3.29. The van der Waals surface area contributed by atoms with Crippen molar-refractivity contribution in [2.75, 3.05) is 11.5 Å². The van der Waals surface area contributed by atoms with Crippen molar-refractivity contribution in [3.8, 4) is 0 Å². The van der Waals surface area contributed by atoms with Gasteiger partial charge in [-0.15, -0.1) is 0 Å². The number of carbonyl (C=O) groups is 2. The van der Waals surface area contributed by atoms with E-state index in [0.717, 1.165) is 4.47 Å². The van der Waals surface area contributed by atoms with Crippen LogP contribution in [0.25, 0.3) is 0 Å². The average Bonchev–Trinajstić information content (AvgIpc) is 2.79. The third-order valence-corrected chi connectivity index (χ3v) is 5.87. The highest BCUT2D eigenvalue weighted by Crippen LogP contribution is 2.23. The Labute approximate surface area is 137 Å². The van der Waals surface area contributed by atoms with Crippen LogP contribution < -0.4 is 5.32 Å². The molecule has 0 aromatic heterocycles. The predicted octanol–water partition coefficient (Wildman–Crippen LogP) is 1.52. The highest BCUT2D eigenvalue weighted by Gasteiger charge is 2.34. The van der Waals surface area contributed by atoms with E-state index in [1.54, 1.807) is 24.3 Å². The van der Waals surface area contributed by atoms with Gasteiger partial charge in [-0.3, -0.25) is 9.59 Å². The van der Waals surface area contributed by atoms with Crippen LogP contribution in [0.4, 0.5) is 0 Å². The molecule has 2 atom stereocenters. The van der Waals surface area contributed by atoms with Crippen molar-refractivity contribution in [3.05, 3.63) is 34.3 Å². The second kappa shape index (κ2) is 6.78. The van der Waals surface area contributed by atoms with Crippen LogP contribution in [0.15, 0.2) is 28.7 Å². The first-order chi connectivity index (χ1) is 10.3. The number of aliphatic carboxylic acids is 1. The molecule has 0 spiro atoms. The van der Waals surface area contributed by atoms with E-state index < -0.39 is 33.7 Å². The van der Waals surface area contributed by atoms with Gasteiger partial charge in [0, 0.05) is 4.47 Å². The topological polar surface area (TPSA) is 101 Å². The summed E-state index contributed by atoms with van der Waals surface area (Å²) in [6.45, 7) is 0. The largest absolute Gasteiger partial charge is 0.481 e. The quantitative estimate of drug-likeness (QED) is 0.794. The first-order valence-electron chi connectivity index (χ1n) is 6.75. The Bertz CT molecular complexity index is 671. The number of hydrogen-bond acceptors (Lipinski definition) is 4. The Morgan fingerprint density at radius 2 is 1.95 bits per heavy atom. The Balaban J connectivity index is 2.11. The zero-order chi connectivity index (χ0) is 16.3. The van der Waals surface area contributed by atoms with Gasteiger partial charge in [0.1, 0.15) is 0 Å². The summed E-state index contributed by atoms with van der Waals surface area (Å²) in [6, 6.07) is 6.29. The zero-order valence-electron chi connectivity index (χ0n) is 11.7. The van der Waals surface area contributed by atoms with Gasteiger partial charge in [-0.1, -0.05) is 28.1 Å². The molecule has 22 heavy (non-hydrogen) atoms. The molecule has 2 N–H and O–H groups in total.